The number of carboxylic acids is 1. The van der Waals surface area contributed by atoms with Gasteiger partial charge in [0.2, 0.25) is 0 Å². The Hall–Kier alpha value is -1.48. The molecule has 0 radical (unpaired) electrons. The summed E-state index contributed by atoms with van der Waals surface area (Å²) >= 11 is 0. The van der Waals surface area contributed by atoms with E-state index in [0.29, 0.717) is 11.3 Å². The molecule has 0 aliphatic heterocycles. The lowest BCUT2D eigenvalue weighted by molar-refractivity contribution is -0.130. The maximum Gasteiger partial charge on any atom is 0.336 e. The quantitative estimate of drug-likeness (QED) is 0.585. The van der Waals surface area contributed by atoms with Gasteiger partial charge in [0.1, 0.15) is 0 Å². The first-order valence-corrected chi connectivity index (χ1v) is 3.91. The zero-order chi connectivity index (χ0) is 9.84. The number of carboxylic acid groups (broad SMARTS) is 1. The van der Waals surface area contributed by atoms with Crippen LogP contribution in [0.1, 0.15) is 12.5 Å². The van der Waals surface area contributed by atoms with Crippen LogP contribution >= 0.6 is 12.4 Å². The first-order chi connectivity index (χ1) is 6.16. The van der Waals surface area contributed by atoms with Crippen LogP contribution in [0, 0.1) is 0 Å². The molecule has 1 aromatic rings. The minimum absolute atomic E-state index is 0. The van der Waals surface area contributed by atoms with Gasteiger partial charge >= 0.3 is 5.97 Å². The van der Waals surface area contributed by atoms with Gasteiger partial charge in [0.15, 0.2) is 0 Å². The highest BCUT2D eigenvalue weighted by Crippen LogP contribution is 2.20. The number of nitrogen functional groups attached to an aromatic ring is 1. The normalized spacial score (nSPS) is 10.5. The van der Waals surface area contributed by atoms with E-state index in [1.807, 2.05) is 0 Å². The molecule has 0 fully saturated rings. The number of anilines is 1. The largest absolute Gasteiger partial charge is 0.478 e. The number of nitrogens with two attached hydrogens (primary N) is 1. The van der Waals surface area contributed by atoms with Crippen molar-refractivity contribution in [2.75, 3.05) is 5.73 Å². The summed E-state index contributed by atoms with van der Waals surface area (Å²) in [5, 5.41) is 8.83. The monoisotopic (exact) mass is 213 g/mol. The van der Waals surface area contributed by atoms with E-state index in [2.05, 4.69) is 0 Å². The third kappa shape index (κ3) is 2.50. The fourth-order valence-corrected chi connectivity index (χ4v) is 1.14. The first-order valence-electron chi connectivity index (χ1n) is 3.91. The van der Waals surface area contributed by atoms with Crippen molar-refractivity contribution in [1.29, 1.82) is 0 Å². The summed E-state index contributed by atoms with van der Waals surface area (Å²) in [6.45, 7) is 1.68. The predicted octanol–water partition coefficient (Wildman–Crippen LogP) is 2.18. The lowest BCUT2D eigenvalue weighted by atomic mass is 10.0. The molecular weight excluding hydrogens is 202 g/mol. The third-order valence-corrected chi connectivity index (χ3v) is 1.77. The number of halogens is 1. The van der Waals surface area contributed by atoms with Gasteiger partial charge in [0.05, 0.1) is 5.57 Å². The second-order valence-corrected chi connectivity index (χ2v) is 2.59. The topological polar surface area (TPSA) is 63.3 Å². The molecule has 0 amide bonds. The predicted molar refractivity (Wildman–Crippen MR) is 59.4 cm³/mol. The Balaban J connectivity index is 0.00000169. The molecule has 3 N–H and O–H groups in total. The van der Waals surface area contributed by atoms with Crippen LogP contribution in [-0.2, 0) is 4.79 Å². The molecule has 76 valence electrons. The van der Waals surface area contributed by atoms with E-state index in [1.165, 1.54) is 6.08 Å². The van der Waals surface area contributed by atoms with Crippen LogP contribution in [0.4, 0.5) is 5.69 Å². The number of carbonyl (C=O) groups is 1. The lowest BCUT2D eigenvalue weighted by Crippen LogP contribution is -2.02. The molecule has 0 aliphatic rings. The van der Waals surface area contributed by atoms with Gasteiger partial charge in [-0.15, -0.1) is 12.4 Å². The second-order valence-electron chi connectivity index (χ2n) is 2.59. The van der Waals surface area contributed by atoms with Gasteiger partial charge in [-0.1, -0.05) is 24.3 Å². The maximum atomic E-state index is 10.8. The summed E-state index contributed by atoms with van der Waals surface area (Å²) in [7, 11) is 0. The molecule has 3 nitrogen and oxygen atoms in total. The smallest absolute Gasteiger partial charge is 0.336 e. The molecule has 4 heteroatoms. The summed E-state index contributed by atoms with van der Waals surface area (Å²) in [5.74, 6) is -0.958. The van der Waals surface area contributed by atoms with Crippen molar-refractivity contribution in [3.8, 4) is 0 Å². The van der Waals surface area contributed by atoms with Gasteiger partial charge in [-0.05, 0) is 13.0 Å². The average molecular weight is 214 g/mol. The van der Waals surface area contributed by atoms with Gasteiger partial charge in [-0.25, -0.2) is 4.79 Å². The second kappa shape index (κ2) is 5.29. The minimum Gasteiger partial charge on any atom is -0.478 e. The highest BCUT2D eigenvalue weighted by atomic mass is 35.5. The molecule has 0 saturated heterocycles. The van der Waals surface area contributed by atoms with Crippen molar-refractivity contribution in [2.24, 2.45) is 0 Å². The maximum absolute atomic E-state index is 10.8. The molecule has 0 bridgehead atoms. The van der Waals surface area contributed by atoms with Gasteiger partial charge in [0.25, 0.3) is 0 Å². The third-order valence-electron chi connectivity index (χ3n) is 1.77. The van der Waals surface area contributed by atoms with E-state index < -0.39 is 5.97 Å². The fourth-order valence-electron chi connectivity index (χ4n) is 1.14. The molecule has 0 aliphatic carbocycles. The van der Waals surface area contributed by atoms with Crippen LogP contribution in [0.2, 0.25) is 0 Å². The van der Waals surface area contributed by atoms with E-state index in [0.717, 1.165) is 0 Å². The average Bonchev–Trinajstić information content (AvgIpc) is 2.09. The van der Waals surface area contributed by atoms with Crippen molar-refractivity contribution in [1.82, 2.24) is 0 Å². The van der Waals surface area contributed by atoms with Crippen LogP contribution in [-0.4, -0.2) is 11.1 Å². The number of hydrogen-bond acceptors (Lipinski definition) is 2. The molecule has 1 aromatic carbocycles. The Morgan fingerprint density at radius 3 is 2.43 bits per heavy atom. The number of hydrogen-bond donors (Lipinski definition) is 2. The Kier molecular flexibility index (Phi) is 4.73. The zero-order valence-corrected chi connectivity index (χ0v) is 8.54. The first kappa shape index (κ1) is 12.5. The van der Waals surface area contributed by atoms with E-state index in [1.54, 1.807) is 31.2 Å². The van der Waals surface area contributed by atoms with E-state index >= 15 is 0 Å². The van der Waals surface area contributed by atoms with Crippen LogP contribution in [0.5, 0.6) is 0 Å². The van der Waals surface area contributed by atoms with Crippen molar-refractivity contribution >= 4 is 29.6 Å². The molecule has 0 saturated carbocycles. The number of para-hydroxylation sites is 1. The summed E-state index contributed by atoms with van der Waals surface area (Å²) in [5.41, 5.74) is 6.92. The summed E-state index contributed by atoms with van der Waals surface area (Å²) in [4.78, 5) is 10.8. The van der Waals surface area contributed by atoms with Crippen molar-refractivity contribution in [3.63, 3.8) is 0 Å². The Labute approximate surface area is 88.7 Å². The van der Waals surface area contributed by atoms with Crippen molar-refractivity contribution < 1.29 is 9.90 Å². The molecule has 0 heterocycles. The van der Waals surface area contributed by atoms with Gasteiger partial charge in [-0.2, -0.15) is 0 Å². The van der Waals surface area contributed by atoms with E-state index in [4.69, 9.17) is 10.8 Å². The van der Waals surface area contributed by atoms with Crippen molar-refractivity contribution in [2.45, 2.75) is 6.92 Å². The van der Waals surface area contributed by atoms with Crippen LogP contribution in [0.25, 0.3) is 5.57 Å². The summed E-state index contributed by atoms with van der Waals surface area (Å²) in [6, 6.07) is 6.91. The number of aliphatic carboxylic acids is 1. The molecule has 0 atom stereocenters. The number of allylic oxidation sites excluding steroid dienone is 1. The SMILES string of the molecule is CC=C(C(=O)O)c1ccccc1N.Cl. The number of rotatable bonds is 2. The number of benzene rings is 1. The molecule has 0 spiro atoms. The van der Waals surface area contributed by atoms with Crippen LogP contribution < -0.4 is 5.73 Å². The summed E-state index contributed by atoms with van der Waals surface area (Å²) < 4.78 is 0. The van der Waals surface area contributed by atoms with Gasteiger partial charge in [0, 0.05) is 11.3 Å². The molecule has 0 aromatic heterocycles. The van der Waals surface area contributed by atoms with E-state index in [-0.39, 0.29) is 18.0 Å². The lowest BCUT2D eigenvalue weighted by Gasteiger charge is -2.04. The Morgan fingerprint density at radius 2 is 2.00 bits per heavy atom. The zero-order valence-electron chi connectivity index (χ0n) is 7.73. The standard InChI is InChI=1S/C10H11NO2.ClH/c1-2-7(10(12)13)8-5-3-4-6-9(8)11;/h2-6H,11H2,1H3,(H,12,13);1H. The fraction of sp³-hybridized carbons (Fsp3) is 0.100. The van der Waals surface area contributed by atoms with E-state index in [9.17, 15) is 4.79 Å². The van der Waals surface area contributed by atoms with Gasteiger partial charge < -0.3 is 10.8 Å². The molecule has 14 heavy (non-hydrogen) atoms. The molecule has 1 rings (SSSR count). The molecular formula is C10H12ClNO2. The van der Waals surface area contributed by atoms with Crippen LogP contribution in [0.3, 0.4) is 0 Å². The Morgan fingerprint density at radius 1 is 1.43 bits per heavy atom. The Bertz CT molecular complexity index is 361. The van der Waals surface area contributed by atoms with Crippen molar-refractivity contribution in [3.05, 3.63) is 35.9 Å². The highest BCUT2D eigenvalue weighted by molar-refractivity contribution is 6.16. The van der Waals surface area contributed by atoms with Crippen LogP contribution in [0.15, 0.2) is 30.3 Å². The minimum atomic E-state index is -0.958. The van der Waals surface area contributed by atoms with Gasteiger partial charge in [-0.3, -0.25) is 0 Å². The molecule has 0 unspecified atom stereocenters. The summed E-state index contributed by atoms with van der Waals surface area (Å²) in [6.07, 6.45) is 1.54. The highest BCUT2D eigenvalue weighted by Gasteiger charge is 2.10.